The third-order valence-electron chi connectivity index (χ3n) is 5.21. The van der Waals surface area contributed by atoms with Gasteiger partial charge < -0.3 is 29.0 Å². The maximum absolute atomic E-state index is 13.1. The van der Waals surface area contributed by atoms with E-state index < -0.39 is 18.0 Å². The van der Waals surface area contributed by atoms with E-state index in [1.54, 1.807) is 50.4 Å². The van der Waals surface area contributed by atoms with Gasteiger partial charge in [0.15, 0.2) is 11.5 Å². The minimum absolute atomic E-state index is 0.0595. The molecule has 1 aliphatic rings. The summed E-state index contributed by atoms with van der Waals surface area (Å²) in [6.07, 6.45) is 0. The highest BCUT2D eigenvalue weighted by Gasteiger charge is 2.37. The van der Waals surface area contributed by atoms with E-state index in [2.05, 4.69) is 5.32 Å². The number of esters is 1. The quantitative estimate of drug-likeness (QED) is 0.579. The molecule has 0 fully saturated rings. The van der Waals surface area contributed by atoms with Crippen molar-refractivity contribution in [2.45, 2.75) is 13.0 Å². The molecule has 2 aromatic carbocycles. The van der Waals surface area contributed by atoms with E-state index >= 15 is 0 Å². The number of ether oxygens (including phenoxy) is 5. The zero-order chi connectivity index (χ0) is 24.0. The molecule has 2 aromatic rings. The average Bonchev–Trinajstić information content (AvgIpc) is 2.84. The van der Waals surface area contributed by atoms with Crippen molar-refractivity contribution in [2.24, 2.45) is 0 Å². The van der Waals surface area contributed by atoms with Gasteiger partial charge in [0, 0.05) is 13.1 Å². The number of carbonyl (C=O) groups excluding carboxylic acids is 2. The fourth-order valence-corrected chi connectivity index (χ4v) is 3.51. The van der Waals surface area contributed by atoms with Crippen LogP contribution in [-0.4, -0.2) is 58.5 Å². The number of amides is 2. The Morgan fingerprint density at radius 1 is 1.00 bits per heavy atom. The molecule has 33 heavy (non-hydrogen) atoms. The van der Waals surface area contributed by atoms with Crippen LogP contribution in [-0.2, 0) is 9.53 Å². The van der Waals surface area contributed by atoms with Crippen LogP contribution < -0.4 is 24.3 Å². The predicted octanol–water partition coefficient (Wildman–Crippen LogP) is 3.30. The van der Waals surface area contributed by atoms with Crippen molar-refractivity contribution in [3.63, 3.8) is 0 Å². The van der Waals surface area contributed by atoms with Gasteiger partial charge in [-0.1, -0.05) is 12.1 Å². The number of likely N-dealkylation sites (N-methyl/N-ethyl adjacent to an activating group) is 1. The van der Waals surface area contributed by atoms with Gasteiger partial charge >= 0.3 is 12.0 Å². The van der Waals surface area contributed by atoms with Gasteiger partial charge in [-0.3, -0.25) is 4.90 Å². The van der Waals surface area contributed by atoms with Crippen molar-refractivity contribution in [1.29, 1.82) is 0 Å². The summed E-state index contributed by atoms with van der Waals surface area (Å²) in [5, 5.41) is 2.86. The maximum Gasteiger partial charge on any atom is 0.338 e. The number of methoxy groups -OCH3 is 3. The van der Waals surface area contributed by atoms with Crippen molar-refractivity contribution in [1.82, 2.24) is 10.2 Å². The van der Waals surface area contributed by atoms with Gasteiger partial charge in [0.1, 0.15) is 18.1 Å². The Morgan fingerprint density at radius 2 is 1.64 bits per heavy atom. The summed E-state index contributed by atoms with van der Waals surface area (Å²) in [4.78, 5) is 27.3. The largest absolute Gasteiger partial charge is 0.497 e. The lowest BCUT2D eigenvalue weighted by Crippen LogP contribution is -2.48. The van der Waals surface area contributed by atoms with Crippen LogP contribution in [0.2, 0.25) is 0 Å². The fourth-order valence-electron chi connectivity index (χ4n) is 3.51. The lowest BCUT2D eigenvalue weighted by Gasteiger charge is -2.34. The predicted molar refractivity (Wildman–Crippen MR) is 121 cm³/mol. The Labute approximate surface area is 192 Å². The minimum atomic E-state index is -0.798. The molecule has 0 spiro atoms. The van der Waals surface area contributed by atoms with Crippen molar-refractivity contribution < 1.29 is 33.3 Å². The first-order valence-corrected chi connectivity index (χ1v) is 10.4. The van der Waals surface area contributed by atoms with E-state index in [-0.39, 0.29) is 18.8 Å². The molecule has 176 valence electrons. The SMILES string of the molecule is CCOC(=O)C1=C(COc2ccccc2OC)N(C)C(=O)NC1c1cc(OC)cc(OC)c1. The molecular formula is C24H28N2O7. The van der Waals surface area contributed by atoms with Gasteiger partial charge in [-0.2, -0.15) is 0 Å². The first kappa shape index (κ1) is 23.8. The van der Waals surface area contributed by atoms with Gasteiger partial charge in [-0.05, 0) is 36.8 Å². The molecule has 1 unspecified atom stereocenters. The summed E-state index contributed by atoms with van der Waals surface area (Å²) < 4.78 is 27.4. The molecule has 3 rings (SSSR count). The number of carbonyl (C=O) groups is 2. The Balaban J connectivity index is 2.10. The van der Waals surface area contributed by atoms with Crippen LogP contribution in [0.3, 0.4) is 0 Å². The molecule has 0 saturated heterocycles. The highest BCUT2D eigenvalue weighted by molar-refractivity contribution is 5.95. The van der Waals surface area contributed by atoms with Crippen molar-refractivity contribution in [3.8, 4) is 23.0 Å². The summed E-state index contributed by atoms with van der Waals surface area (Å²) in [6, 6.07) is 11.1. The zero-order valence-electron chi connectivity index (χ0n) is 19.3. The summed E-state index contributed by atoms with van der Waals surface area (Å²) in [6.45, 7) is 1.84. The van der Waals surface area contributed by atoms with Crippen LogP contribution >= 0.6 is 0 Å². The second-order valence-electron chi connectivity index (χ2n) is 7.11. The molecule has 0 saturated carbocycles. The molecule has 0 bridgehead atoms. The molecule has 1 N–H and O–H groups in total. The number of benzene rings is 2. The van der Waals surface area contributed by atoms with Crippen LogP contribution in [0.25, 0.3) is 0 Å². The van der Waals surface area contributed by atoms with Gasteiger partial charge in [0.2, 0.25) is 0 Å². The van der Waals surface area contributed by atoms with Crippen molar-refractivity contribution in [2.75, 3.05) is 41.6 Å². The molecule has 0 radical (unpaired) electrons. The number of hydrogen-bond acceptors (Lipinski definition) is 7. The lowest BCUT2D eigenvalue weighted by molar-refractivity contribution is -0.139. The molecule has 9 nitrogen and oxygen atoms in total. The van der Waals surface area contributed by atoms with Crippen LogP contribution in [0.5, 0.6) is 23.0 Å². The Kier molecular flexibility index (Phi) is 7.66. The number of hydrogen-bond donors (Lipinski definition) is 1. The standard InChI is InChI=1S/C24H28N2O7/c1-6-32-23(27)21-18(14-33-20-10-8-7-9-19(20)31-5)26(2)24(28)25-22(21)15-11-16(29-3)13-17(12-15)30-4/h7-13,22H,6,14H2,1-5H3,(H,25,28). The van der Waals surface area contributed by atoms with Gasteiger partial charge in [0.25, 0.3) is 0 Å². The van der Waals surface area contributed by atoms with Gasteiger partial charge in [0.05, 0.1) is 45.2 Å². The zero-order valence-corrected chi connectivity index (χ0v) is 19.3. The molecule has 9 heteroatoms. The first-order chi connectivity index (χ1) is 15.9. The Hall–Kier alpha value is -3.88. The van der Waals surface area contributed by atoms with Crippen LogP contribution in [0, 0.1) is 0 Å². The van der Waals surface area contributed by atoms with Crippen molar-refractivity contribution in [3.05, 3.63) is 59.3 Å². The summed E-state index contributed by atoms with van der Waals surface area (Å²) >= 11 is 0. The summed E-state index contributed by atoms with van der Waals surface area (Å²) in [7, 11) is 6.16. The summed E-state index contributed by atoms with van der Waals surface area (Å²) in [5.74, 6) is 1.50. The highest BCUT2D eigenvalue weighted by atomic mass is 16.5. The Morgan fingerprint density at radius 3 is 2.21 bits per heavy atom. The van der Waals surface area contributed by atoms with E-state index in [4.69, 9.17) is 23.7 Å². The second kappa shape index (κ2) is 10.6. The number of nitrogens with zero attached hydrogens (tertiary/aromatic N) is 1. The number of nitrogens with one attached hydrogen (secondary N) is 1. The molecular weight excluding hydrogens is 428 g/mol. The topological polar surface area (TPSA) is 95.6 Å². The number of rotatable bonds is 9. The highest BCUT2D eigenvalue weighted by Crippen LogP contribution is 2.35. The number of urea groups is 1. The van der Waals surface area contributed by atoms with Crippen molar-refractivity contribution >= 4 is 12.0 Å². The van der Waals surface area contributed by atoms with E-state index in [1.165, 1.54) is 26.2 Å². The molecule has 1 atom stereocenters. The van der Waals surface area contributed by atoms with Gasteiger partial charge in [-0.15, -0.1) is 0 Å². The molecule has 1 aliphatic heterocycles. The van der Waals surface area contributed by atoms with Gasteiger partial charge in [-0.25, -0.2) is 9.59 Å². The van der Waals surface area contributed by atoms with Crippen LogP contribution in [0.4, 0.5) is 4.79 Å². The normalized spacial score (nSPS) is 15.6. The van der Waals surface area contributed by atoms with E-state index in [0.29, 0.717) is 34.3 Å². The minimum Gasteiger partial charge on any atom is -0.497 e. The monoisotopic (exact) mass is 456 g/mol. The molecule has 2 amide bonds. The van der Waals surface area contributed by atoms with E-state index in [0.717, 1.165) is 0 Å². The van der Waals surface area contributed by atoms with Crippen LogP contribution in [0.15, 0.2) is 53.7 Å². The fraction of sp³-hybridized carbons (Fsp3) is 0.333. The third kappa shape index (κ3) is 5.14. The maximum atomic E-state index is 13.1. The molecule has 0 aromatic heterocycles. The van der Waals surface area contributed by atoms with E-state index in [9.17, 15) is 9.59 Å². The third-order valence-corrected chi connectivity index (χ3v) is 5.21. The first-order valence-electron chi connectivity index (χ1n) is 10.4. The number of para-hydroxylation sites is 2. The molecule has 0 aliphatic carbocycles. The second-order valence-corrected chi connectivity index (χ2v) is 7.11. The summed E-state index contributed by atoms with van der Waals surface area (Å²) in [5.41, 5.74) is 1.23. The molecule has 1 heterocycles. The lowest BCUT2D eigenvalue weighted by atomic mass is 9.94. The van der Waals surface area contributed by atoms with Crippen LogP contribution in [0.1, 0.15) is 18.5 Å². The smallest absolute Gasteiger partial charge is 0.338 e. The van der Waals surface area contributed by atoms with E-state index in [1.807, 2.05) is 6.07 Å². The average molecular weight is 456 g/mol. The Bertz CT molecular complexity index is 1030.